The zero-order valence-electron chi connectivity index (χ0n) is 12.0. The second-order valence-corrected chi connectivity index (χ2v) is 4.96. The van der Waals surface area contributed by atoms with Gasteiger partial charge in [0.05, 0.1) is 11.8 Å². The highest BCUT2D eigenvalue weighted by atomic mass is 16.4. The van der Waals surface area contributed by atoms with Crippen molar-refractivity contribution in [1.29, 1.82) is 0 Å². The van der Waals surface area contributed by atoms with Gasteiger partial charge in [0, 0.05) is 6.20 Å². The molecule has 3 N–H and O–H groups in total. The fraction of sp³-hybridized carbons (Fsp3) is 0.357. The molecule has 2 heterocycles. The van der Waals surface area contributed by atoms with Gasteiger partial charge >= 0.3 is 5.97 Å². The van der Waals surface area contributed by atoms with Crippen LogP contribution >= 0.6 is 0 Å². The highest BCUT2D eigenvalue weighted by Gasteiger charge is 2.27. The average Bonchev–Trinajstić information content (AvgIpc) is 2.73. The number of carboxylic acids is 1. The average molecular weight is 291 g/mol. The van der Waals surface area contributed by atoms with Gasteiger partial charge in [-0.05, 0) is 32.4 Å². The van der Waals surface area contributed by atoms with Crippen molar-refractivity contribution in [2.24, 2.45) is 0 Å². The summed E-state index contributed by atoms with van der Waals surface area (Å²) >= 11 is 0. The minimum absolute atomic E-state index is 0.264. The third-order valence-electron chi connectivity index (χ3n) is 3.27. The molecule has 0 radical (unpaired) electrons. The first kappa shape index (κ1) is 15.0. The number of carbonyl (C=O) groups is 2. The molecule has 2 atom stereocenters. The summed E-state index contributed by atoms with van der Waals surface area (Å²) in [7, 11) is 0. The standard InChI is InChI=1S/C14H17N3O4/c1-7-5-4-6-17-11(8(2)15-12(7)17)13(19)16-10(9(3)18)14(20)21/h4-6,9-10,18H,1-3H3,(H,16,19)(H,20,21). The molecule has 0 bridgehead atoms. The van der Waals surface area contributed by atoms with E-state index in [1.807, 2.05) is 13.0 Å². The number of nitrogens with zero attached hydrogens (tertiary/aromatic N) is 2. The van der Waals surface area contributed by atoms with Gasteiger partial charge in [0.1, 0.15) is 11.3 Å². The Labute approximate surface area is 121 Å². The number of amides is 1. The fourth-order valence-corrected chi connectivity index (χ4v) is 2.19. The van der Waals surface area contributed by atoms with Crippen LogP contribution in [0.15, 0.2) is 18.3 Å². The lowest BCUT2D eigenvalue weighted by molar-refractivity contribution is -0.141. The number of pyridine rings is 1. The van der Waals surface area contributed by atoms with Crippen LogP contribution in [0.5, 0.6) is 0 Å². The molecule has 2 aromatic rings. The molecule has 2 aromatic heterocycles. The molecule has 0 spiro atoms. The number of aromatic nitrogens is 2. The van der Waals surface area contributed by atoms with Gasteiger partial charge in [-0.3, -0.25) is 9.20 Å². The Kier molecular flexibility index (Phi) is 3.95. The molecule has 0 fully saturated rings. The molecule has 0 aliphatic heterocycles. The smallest absolute Gasteiger partial charge is 0.328 e. The van der Waals surface area contributed by atoms with Crippen LogP contribution in [0, 0.1) is 13.8 Å². The fourth-order valence-electron chi connectivity index (χ4n) is 2.19. The maximum absolute atomic E-state index is 12.3. The van der Waals surface area contributed by atoms with Gasteiger partial charge in [0.2, 0.25) is 0 Å². The Morgan fingerprint density at radius 2 is 2.05 bits per heavy atom. The maximum atomic E-state index is 12.3. The number of aryl methyl sites for hydroxylation is 2. The van der Waals surface area contributed by atoms with Crippen molar-refractivity contribution in [3.05, 3.63) is 35.3 Å². The van der Waals surface area contributed by atoms with Crippen LogP contribution in [0.1, 0.15) is 28.7 Å². The van der Waals surface area contributed by atoms with Crippen LogP contribution in [-0.4, -0.2) is 43.6 Å². The summed E-state index contributed by atoms with van der Waals surface area (Å²) < 4.78 is 1.61. The van der Waals surface area contributed by atoms with Crippen molar-refractivity contribution in [2.45, 2.75) is 32.9 Å². The largest absolute Gasteiger partial charge is 0.480 e. The number of rotatable bonds is 4. The summed E-state index contributed by atoms with van der Waals surface area (Å²) in [6, 6.07) is 2.29. The molecule has 7 heteroatoms. The molecule has 1 amide bonds. The minimum atomic E-state index is -1.37. The third kappa shape index (κ3) is 2.73. The van der Waals surface area contributed by atoms with Crippen molar-refractivity contribution in [1.82, 2.24) is 14.7 Å². The second-order valence-electron chi connectivity index (χ2n) is 4.96. The van der Waals surface area contributed by atoms with Crippen molar-refractivity contribution in [3.8, 4) is 0 Å². The van der Waals surface area contributed by atoms with Gasteiger partial charge in [-0.25, -0.2) is 9.78 Å². The lowest BCUT2D eigenvalue weighted by Gasteiger charge is -2.17. The number of hydrogen-bond acceptors (Lipinski definition) is 4. The number of aliphatic hydroxyl groups is 1. The molecule has 21 heavy (non-hydrogen) atoms. The highest BCUT2D eigenvalue weighted by molar-refractivity contribution is 5.97. The number of nitrogens with one attached hydrogen (secondary N) is 1. The number of aliphatic hydroxyl groups excluding tert-OH is 1. The minimum Gasteiger partial charge on any atom is -0.480 e. The van der Waals surface area contributed by atoms with E-state index in [-0.39, 0.29) is 5.69 Å². The lowest BCUT2D eigenvalue weighted by atomic mass is 10.1. The van der Waals surface area contributed by atoms with E-state index in [0.29, 0.717) is 11.3 Å². The number of imidazole rings is 1. The van der Waals surface area contributed by atoms with E-state index in [1.54, 1.807) is 23.6 Å². The number of carboxylic acid groups (broad SMARTS) is 1. The summed E-state index contributed by atoms with van der Waals surface area (Å²) in [6.07, 6.45) is 0.489. The van der Waals surface area contributed by atoms with Crippen LogP contribution in [0.2, 0.25) is 0 Å². The Bertz CT molecular complexity index is 706. The van der Waals surface area contributed by atoms with Gasteiger partial charge in [0.25, 0.3) is 5.91 Å². The number of fused-ring (bicyclic) bond motifs is 1. The van der Waals surface area contributed by atoms with Crippen molar-refractivity contribution in [3.63, 3.8) is 0 Å². The molecular weight excluding hydrogens is 274 g/mol. The molecule has 0 aliphatic carbocycles. The Morgan fingerprint density at radius 1 is 1.38 bits per heavy atom. The number of hydrogen-bond donors (Lipinski definition) is 3. The SMILES string of the molecule is Cc1nc2c(C)cccn2c1C(=O)NC(C(=O)O)C(C)O. The topological polar surface area (TPSA) is 104 Å². The summed E-state index contributed by atoms with van der Waals surface area (Å²) in [4.78, 5) is 27.7. The van der Waals surface area contributed by atoms with Crippen LogP contribution < -0.4 is 5.32 Å². The molecule has 0 saturated heterocycles. The van der Waals surface area contributed by atoms with E-state index < -0.39 is 24.0 Å². The Balaban J connectivity index is 2.42. The van der Waals surface area contributed by atoms with E-state index in [9.17, 15) is 14.7 Å². The van der Waals surface area contributed by atoms with E-state index in [4.69, 9.17) is 5.11 Å². The van der Waals surface area contributed by atoms with Crippen molar-refractivity contribution < 1.29 is 19.8 Å². The van der Waals surface area contributed by atoms with Gasteiger partial charge in [-0.1, -0.05) is 6.07 Å². The van der Waals surface area contributed by atoms with Crippen LogP contribution in [0.3, 0.4) is 0 Å². The predicted molar refractivity (Wildman–Crippen MR) is 75.2 cm³/mol. The predicted octanol–water partition coefficient (Wildman–Crippen LogP) is 0.515. The monoisotopic (exact) mass is 291 g/mol. The van der Waals surface area contributed by atoms with Gasteiger partial charge in [0.15, 0.2) is 6.04 Å². The molecule has 0 saturated carbocycles. The normalized spacial score (nSPS) is 13.9. The first-order valence-corrected chi connectivity index (χ1v) is 6.49. The quantitative estimate of drug-likeness (QED) is 0.761. The van der Waals surface area contributed by atoms with E-state index in [0.717, 1.165) is 5.56 Å². The van der Waals surface area contributed by atoms with E-state index >= 15 is 0 Å². The molecule has 2 rings (SSSR count). The molecular formula is C14H17N3O4. The van der Waals surface area contributed by atoms with Crippen LogP contribution in [0.25, 0.3) is 5.65 Å². The molecule has 0 aliphatic rings. The van der Waals surface area contributed by atoms with Crippen LogP contribution in [0.4, 0.5) is 0 Å². The Morgan fingerprint density at radius 3 is 2.62 bits per heavy atom. The highest BCUT2D eigenvalue weighted by Crippen LogP contribution is 2.15. The van der Waals surface area contributed by atoms with Crippen molar-refractivity contribution in [2.75, 3.05) is 0 Å². The molecule has 0 aromatic carbocycles. The Hall–Kier alpha value is -2.41. The molecule has 2 unspecified atom stereocenters. The zero-order valence-corrected chi connectivity index (χ0v) is 12.0. The first-order valence-electron chi connectivity index (χ1n) is 6.49. The summed E-state index contributed by atoms with van der Waals surface area (Å²) in [5.74, 6) is -1.88. The number of aliphatic carboxylic acids is 1. The maximum Gasteiger partial charge on any atom is 0.328 e. The zero-order chi connectivity index (χ0) is 15.7. The third-order valence-corrected chi connectivity index (χ3v) is 3.27. The molecule has 7 nitrogen and oxygen atoms in total. The van der Waals surface area contributed by atoms with Gasteiger partial charge < -0.3 is 15.5 Å². The summed E-state index contributed by atoms with van der Waals surface area (Å²) in [5, 5.41) is 20.8. The molecule has 112 valence electrons. The van der Waals surface area contributed by atoms with Crippen molar-refractivity contribution >= 4 is 17.5 Å². The number of carbonyl (C=O) groups excluding carboxylic acids is 1. The van der Waals surface area contributed by atoms with E-state index in [2.05, 4.69) is 10.3 Å². The lowest BCUT2D eigenvalue weighted by Crippen LogP contribution is -2.48. The van der Waals surface area contributed by atoms with Gasteiger partial charge in [-0.15, -0.1) is 0 Å². The summed E-state index contributed by atoms with van der Waals surface area (Å²) in [6.45, 7) is 4.86. The van der Waals surface area contributed by atoms with Crippen LogP contribution in [-0.2, 0) is 4.79 Å². The van der Waals surface area contributed by atoms with E-state index in [1.165, 1.54) is 6.92 Å². The summed E-state index contributed by atoms with van der Waals surface area (Å²) in [5.41, 5.74) is 2.31. The van der Waals surface area contributed by atoms with Gasteiger partial charge in [-0.2, -0.15) is 0 Å². The second kappa shape index (κ2) is 5.53. The first-order chi connectivity index (χ1) is 9.82.